The Labute approximate surface area is 168 Å². The van der Waals surface area contributed by atoms with Crippen molar-refractivity contribution in [1.82, 2.24) is 19.7 Å². The van der Waals surface area contributed by atoms with E-state index in [1.807, 2.05) is 19.1 Å². The SMILES string of the molecule is CC(=O)c1nn(CC(=O)OC(C)(C)C)c2c(C)cc(-c3cnc(CO)cn3)cc12. The zero-order valence-electron chi connectivity index (χ0n) is 17.2. The first kappa shape index (κ1) is 20.6. The summed E-state index contributed by atoms with van der Waals surface area (Å²) in [5, 5.41) is 14.2. The molecule has 0 bridgehead atoms. The molecule has 3 aromatic rings. The number of aromatic nitrogens is 4. The number of hydrogen-bond donors (Lipinski definition) is 1. The fourth-order valence-corrected chi connectivity index (χ4v) is 3.13. The standard InChI is InChI=1S/C21H24N4O4/c1-12-6-14(17-9-22-15(11-26)8-23-17)7-16-19(13(2)27)24-25(20(12)16)10-18(28)29-21(3,4)5/h6-9,26H,10-11H2,1-5H3. The maximum absolute atomic E-state index is 12.3. The molecule has 0 fully saturated rings. The van der Waals surface area contributed by atoms with Crippen molar-refractivity contribution in [3.8, 4) is 11.3 Å². The number of rotatable bonds is 5. The molecule has 1 N–H and O–H groups in total. The molecule has 1 aromatic carbocycles. The minimum Gasteiger partial charge on any atom is -0.459 e. The van der Waals surface area contributed by atoms with Gasteiger partial charge in [0.2, 0.25) is 0 Å². The second-order valence-corrected chi connectivity index (χ2v) is 7.89. The van der Waals surface area contributed by atoms with E-state index < -0.39 is 11.6 Å². The quantitative estimate of drug-likeness (QED) is 0.522. The number of Topliss-reactive ketones (excluding diaryl/α,β-unsaturated/α-hetero) is 1. The van der Waals surface area contributed by atoms with Gasteiger partial charge in [-0.15, -0.1) is 0 Å². The van der Waals surface area contributed by atoms with Crippen LogP contribution in [-0.4, -0.2) is 42.2 Å². The summed E-state index contributed by atoms with van der Waals surface area (Å²) in [6.45, 7) is 8.45. The van der Waals surface area contributed by atoms with Gasteiger partial charge in [-0.2, -0.15) is 5.10 Å². The smallest absolute Gasteiger partial charge is 0.328 e. The molecule has 0 unspecified atom stereocenters. The Morgan fingerprint density at radius 3 is 2.45 bits per heavy atom. The lowest BCUT2D eigenvalue weighted by Gasteiger charge is -2.19. The monoisotopic (exact) mass is 396 g/mol. The summed E-state index contributed by atoms with van der Waals surface area (Å²) in [5.74, 6) is -0.623. The van der Waals surface area contributed by atoms with Crippen molar-refractivity contribution >= 4 is 22.7 Å². The van der Waals surface area contributed by atoms with E-state index in [4.69, 9.17) is 9.84 Å². The molecule has 0 saturated carbocycles. The average molecular weight is 396 g/mol. The van der Waals surface area contributed by atoms with Crippen molar-refractivity contribution in [2.75, 3.05) is 0 Å². The van der Waals surface area contributed by atoms with Crippen molar-refractivity contribution in [3.63, 3.8) is 0 Å². The minimum absolute atomic E-state index is 0.0910. The van der Waals surface area contributed by atoms with Gasteiger partial charge in [-0.1, -0.05) is 0 Å². The predicted molar refractivity (Wildman–Crippen MR) is 107 cm³/mol. The van der Waals surface area contributed by atoms with E-state index in [9.17, 15) is 9.59 Å². The Morgan fingerprint density at radius 2 is 1.90 bits per heavy atom. The molecule has 3 rings (SSSR count). The molecule has 0 saturated heterocycles. The highest BCUT2D eigenvalue weighted by Crippen LogP contribution is 2.29. The summed E-state index contributed by atoms with van der Waals surface area (Å²) >= 11 is 0. The first-order chi connectivity index (χ1) is 13.6. The average Bonchev–Trinajstić information content (AvgIpc) is 2.99. The van der Waals surface area contributed by atoms with Crippen molar-refractivity contribution in [3.05, 3.63) is 41.5 Å². The van der Waals surface area contributed by atoms with Gasteiger partial charge >= 0.3 is 5.97 Å². The van der Waals surface area contributed by atoms with Crippen LogP contribution in [0.1, 0.15) is 49.4 Å². The second kappa shape index (κ2) is 7.71. The molecular weight excluding hydrogens is 372 g/mol. The molecule has 2 aromatic heterocycles. The highest BCUT2D eigenvalue weighted by molar-refractivity contribution is 6.06. The Bertz CT molecular complexity index is 1080. The Hall–Kier alpha value is -3.13. The lowest BCUT2D eigenvalue weighted by molar-refractivity contribution is -0.155. The number of nitrogens with zero attached hydrogens (tertiary/aromatic N) is 4. The third-order valence-corrected chi connectivity index (χ3v) is 4.23. The van der Waals surface area contributed by atoms with E-state index in [1.165, 1.54) is 17.8 Å². The summed E-state index contributed by atoms with van der Waals surface area (Å²) in [6, 6.07) is 3.72. The molecular formula is C21H24N4O4. The summed E-state index contributed by atoms with van der Waals surface area (Å²) in [6.07, 6.45) is 3.08. The van der Waals surface area contributed by atoms with Gasteiger partial charge in [0.05, 0.1) is 35.9 Å². The van der Waals surface area contributed by atoms with Crippen molar-refractivity contribution in [1.29, 1.82) is 0 Å². The maximum Gasteiger partial charge on any atom is 0.328 e. The van der Waals surface area contributed by atoms with Crippen LogP contribution < -0.4 is 0 Å². The fraction of sp³-hybridized carbons (Fsp3) is 0.381. The molecule has 29 heavy (non-hydrogen) atoms. The maximum atomic E-state index is 12.3. The topological polar surface area (TPSA) is 107 Å². The number of ether oxygens (including phenoxy) is 1. The lowest BCUT2D eigenvalue weighted by atomic mass is 10.0. The molecule has 0 aliphatic rings. The first-order valence-corrected chi connectivity index (χ1v) is 9.25. The van der Waals surface area contributed by atoms with Crippen LogP contribution in [0.4, 0.5) is 0 Å². The van der Waals surface area contributed by atoms with Gasteiger partial charge in [-0.3, -0.25) is 24.2 Å². The van der Waals surface area contributed by atoms with Gasteiger partial charge in [0.1, 0.15) is 17.8 Å². The van der Waals surface area contributed by atoms with E-state index >= 15 is 0 Å². The van der Waals surface area contributed by atoms with Gasteiger partial charge in [0, 0.05) is 17.9 Å². The van der Waals surface area contributed by atoms with Gasteiger partial charge < -0.3 is 9.84 Å². The molecule has 0 atom stereocenters. The van der Waals surface area contributed by atoms with E-state index in [-0.39, 0.29) is 24.6 Å². The number of carbonyl (C=O) groups excluding carboxylic acids is 2. The fourth-order valence-electron chi connectivity index (χ4n) is 3.13. The van der Waals surface area contributed by atoms with Crippen molar-refractivity contribution < 1.29 is 19.4 Å². The first-order valence-electron chi connectivity index (χ1n) is 9.25. The molecule has 8 nitrogen and oxygen atoms in total. The van der Waals surface area contributed by atoms with E-state index in [2.05, 4.69) is 15.1 Å². The predicted octanol–water partition coefficient (Wildman–Crippen LogP) is 2.84. The highest BCUT2D eigenvalue weighted by Gasteiger charge is 2.22. The zero-order valence-corrected chi connectivity index (χ0v) is 17.2. The Balaban J connectivity index is 2.09. The molecule has 0 radical (unpaired) electrons. The number of carbonyl (C=O) groups is 2. The number of hydrogen-bond acceptors (Lipinski definition) is 7. The van der Waals surface area contributed by atoms with Crippen molar-refractivity contribution in [2.24, 2.45) is 0 Å². The summed E-state index contributed by atoms with van der Waals surface area (Å²) in [7, 11) is 0. The van der Waals surface area contributed by atoms with Crippen LogP contribution in [0.5, 0.6) is 0 Å². The summed E-state index contributed by atoms with van der Waals surface area (Å²) < 4.78 is 6.91. The van der Waals surface area contributed by atoms with E-state index in [1.54, 1.807) is 27.0 Å². The lowest BCUT2D eigenvalue weighted by Crippen LogP contribution is -2.27. The van der Waals surface area contributed by atoms with Gasteiger partial charge in [0.15, 0.2) is 5.78 Å². The van der Waals surface area contributed by atoms with Gasteiger partial charge in [0.25, 0.3) is 0 Å². The molecule has 0 amide bonds. The summed E-state index contributed by atoms with van der Waals surface area (Å²) in [4.78, 5) is 33.0. The molecule has 0 spiro atoms. The second-order valence-electron chi connectivity index (χ2n) is 7.89. The third-order valence-electron chi connectivity index (χ3n) is 4.23. The van der Waals surface area contributed by atoms with Crippen LogP contribution in [0.3, 0.4) is 0 Å². The number of aryl methyl sites for hydroxylation is 1. The van der Waals surface area contributed by atoms with Crippen LogP contribution in [0, 0.1) is 6.92 Å². The van der Waals surface area contributed by atoms with Crippen LogP contribution >= 0.6 is 0 Å². The number of aliphatic hydroxyl groups excluding tert-OH is 1. The van der Waals surface area contributed by atoms with E-state index in [0.717, 1.165) is 11.1 Å². The summed E-state index contributed by atoms with van der Waals surface area (Å²) in [5.41, 5.74) is 3.08. The van der Waals surface area contributed by atoms with Crippen LogP contribution in [-0.2, 0) is 22.7 Å². The van der Waals surface area contributed by atoms with Gasteiger partial charge in [-0.05, 0) is 45.4 Å². The molecule has 2 heterocycles. The number of fused-ring (bicyclic) bond motifs is 1. The Morgan fingerprint density at radius 1 is 1.17 bits per heavy atom. The van der Waals surface area contributed by atoms with Crippen LogP contribution in [0.15, 0.2) is 24.5 Å². The van der Waals surface area contributed by atoms with Crippen LogP contribution in [0.2, 0.25) is 0 Å². The Kier molecular flexibility index (Phi) is 5.48. The number of esters is 1. The van der Waals surface area contributed by atoms with E-state index in [0.29, 0.717) is 22.3 Å². The highest BCUT2D eigenvalue weighted by atomic mass is 16.6. The number of benzene rings is 1. The molecule has 0 aliphatic carbocycles. The minimum atomic E-state index is -0.606. The number of aliphatic hydroxyl groups is 1. The van der Waals surface area contributed by atoms with Crippen molar-refractivity contribution in [2.45, 2.75) is 53.4 Å². The molecule has 8 heteroatoms. The molecule has 0 aliphatic heterocycles. The zero-order chi connectivity index (χ0) is 21.3. The largest absolute Gasteiger partial charge is 0.459 e. The molecule has 152 valence electrons. The normalized spacial score (nSPS) is 11.7. The third kappa shape index (κ3) is 4.48. The van der Waals surface area contributed by atoms with Crippen LogP contribution in [0.25, 0.3) is 22.2 Å². The number of ketones is 1. The van der Waals surface area contributed by atoms with Gasteiger partial charge in [-0.25, -0.2) is 0 Å².